The smallest absolute Gasteiger partial charge is 0.184 e. The molecule has 3 heterocycles. The zero-order chi connectivity index (χ0) is 26.8. The van der Waals surface area contributed by atoms with Crippen molar-refractivity contribution in [1.29, 1.82) is 0 Å². The number of benzene rings is 3. The van der Waals surface area contributed by atoms with Crippen LogP contribution in [0.15, 0.2) is 85.2 Å². The fraction of sp³-hybridized carbons (Fsp3) is 0.250. The molecule has 0 bridgehead atoms. The molecule has 0 unspecified atom stereocenters. The highest BCUT2D eigenvalue weighted by molar-refractivity contribution is 5.98. The molecule has 0 aliphatic carbocycles. The highest BCUT2D eigenvalue weighted by Gasteiger charge is 2.17. The minimum Gasteiger partial charge on any atom is -0.372 e. The van der Waals surface area contributed by atoms with Crippen LogP contribution in [0.5, 0.6) is 0 Å². The molecule has 1 saturated heterocycles. The number of carbonyl (C=O) groups is 2. The second-order valence-electron chi connectivity index (χ2n) is 10.5. The molecule has 0 radical (unpaired) electrons. The monoisotopic (exact) mass is 517 g/mol. The number of nitrogens with one attached hydrogen (secondary N) is 1. The Kier molecular flexibility index (Phi) is 6.80. The largest absolute Gasteiger partial charge is 0.372 e. The van der Waals surface area contributed by atoms with E-state index in [-0.39, 0.29) is 11.6 Å². The number of aromatic amines is 1. The number of rotatable bonds is 8. The first-order valence-corrected chi connectivity index (χ1v) is 13.5. The van der Waals surface area contributed by atoms with E-state index >= 15 is 0 Å². The summed E-state index contributed by atoms with van der Waals surface area (Å²) >= 11 is 0. The quantitative estimate of drug-likeness (QED) is 0.262. The van der Waals surface area contributed by atoms with Crippen molar-refractivity contribution < 1.29 is 9.59 Å². The fourth-order valence-electron chi connectivity index (χ4n) is 5.26. The first-order valence-electron chi connectivity index (χ1n) is 13.5. The lowest BCUT2D eigenvalue weighted by Gasteiger charge is -2.32. The summed E-state index contributed by atoms with van der Waals surface area (Å²) in [5.74, 6) is 0.905. The Morgan fingerprint density at radius 1 is 0.846 bits per heavy atom. The number of aromatic nitrogens is 4. The lowest BCUT2D eigenvalue weighted by molar-refractivity contribution is 0.0982. The molecular formula is C32H31N5O2. The Bertz CT molecular complexity index is 1590. The summed E-state index contributed by atoms with van der Waals surface area (Å²) in [6.07, 6.45) is 6.50. The first-order chi connectivity index (χ1) is 19.0. The number of piperidine rings is 1. The van der Waals surface area contributed by atoms with Crippen LogP contribution in [0.4, 0.5) is 5.69 Å². The molecule has 6 rings (SSSR count). The average molecular weight is 518 g/mol. The van der Waals surface area contributed by atoms with Crippen LogP contribution in [0, 0.1) is 5.92 Å². The zero-order valence-electron chi connectivity index (χ0n) is 22.0. The van der Waals surface area contributed by atoms with Gasteiger partial charge in [-0.05, 0) is 84.5 Å². The second-order valence-corrected chi connectivity index (χ2v) is 10.5. The van der Waals surface area contributed by atoms with Crippen LogP contribution in [0.25, 0.3) is 16.6 Å². The van der Waals surface area contributed by atoms with E-state index in [1.807, 2.05) is 65.5 Å². The van der Waals surface area contributed by atoms with Crippen LogP contribution in [0.2, 0.25) is 0 Å². The Hall–Kier alpha value is -4.52. The molecule has 7 nitrogen and oxygen atoms in total. The molecule has 0 saturated carbocycles. The van der Waals surface area contributed by atoms with Gasteiger partial charge in [0, 0.05) is 48.8 Å². The van der Waals surface area contributed by atoms with Gasteiger partial charge in [-0.25, -0.2) is 4.68 Å². The minimum absolute atomic E-state index is 0.000488. The number of hydrogen-bond acceptors (Lipinski definition) is 5. The Morgan fingerprint density at radius 2 is 1.54 bits per heavy atom. The minimum atomic E-state index is -0.000488. The van der Waals surface area contributed by atoms with E-state index in [0.717, 1.165) is 52.3 Å². The molecule has 0 spiro atoms. The Morgan fingerprint density at radius 3 is 2.26 bits per heavy atom. The summed E-state index contributed by atoms with van der Waals surface area (Å²) in [5, 5.41) is 12.1. The lowest BCUT2D eigenvalue weighted by atomic mass is 9.98. The van der Waals surface area contributed by atoms with Gasteiger partial charge >= 0.3 is 0 Å². The summed E-state index contributed by atoms with van der Waals surface area (Å²) < 4.78 is 1.88. The van der Waals surface area contributed by atoms with Crippen LogP contribution < -0.4 is 4.90 Å². The lowest BCUT2D eigenvalue weighted by Crippen LogP contribution is -2.32. The molecule has 7 heteroatoms. The first kappa shape index (κ1) is 24.8. The van der Waals surface area contributed by atoms with Crippen molar-refractivity contribution in [3.05, 3.63) is 108 Å². The van der Waals surface area contributed by atoms with Crippen molar-refractivity contribution in [3.8, 4) is 5.69 Å². The van der Waals surface area contributed by atoms with E-state index in [0.29, 0.717) is 18.5 Å². The average Bonchev–Trinajstić information content (AvgIpc) is 3.65. The molecule has 1 N–H and O–H groups in total. The van der Waals surface area contributed by atoms with Gasteiger partial charge in [0.2, 0.25) is 0 Å². The van der Waals surface area contributed by atoms with Gasteiger partial charge in [0.25, 0.3) is 0 Å². The number of carbonyl (C=O) groups excluding carboxylic acids is 2. The van der Waals surface area contributed by atoms with Gasteiger partial charge < -0.3 is 4.90 Å². The van der Waals surface area contributed by atoms with E-state index in [4.69, 9.17) is 0 Å². The van der Waals surface area contributed by atoms with Crippen LogP contribution >= 0.6 is 0 Å². The van der Waals surface area contributed by atoms with Crippen molar-refractivity contribution in [2.24, 2.45) is 5.92 Å². The second kappa shape index (κ2) is 10.7. The molecule has 1 aliphatic rings. The van der Waals surface area contributed by atoms with E-state index in [2.05, 4.69) is 39.3 Å². The summed E-state index contributed by atoms with van der Waals surface area (Å²) in [5.41, 5.74) is 6.22. The summed E-state index contributed by atoms with van der Waals surface area (Å²) in [6, 6.07) is 23.6. The number of anilines is 1. The number of nitrogens with zero attached hydrogens (tertiary/aromatic N) is 4. The van der Waals surface area contributed by atoms with Crippen LogP contribution in [-0.4, -0.2) is 44.6 Å². The van der Waals surface area contributed by atoms with E-state index in [1.165, 1.54) is 18.5 Å². The summed E-state index contributed by atoms with van der Waals surface area (Å²) in [4.78, 5) is 27.8. The van der Waals surface area contributed by atoms with Crippen molar-refractivity contribution in [2.45, 2.75) is 32.6 Å². The van der Waals surface area contributed by atoms with Gasteiger partial charge in [0.05, 0.1) is 17.4 Å². The normalized spacial score (nSPS) is 14.1. The third-order valence-corrected chi connectivity index (χ3v) is 7.68. The van der Waals surface area contributed by atoms with Gasteiger partial charge in [-0.3, -0.25) is 14.7 Å². The summed E-state index contributed by atoms with van der Waals surface area (Å²) in [6.45, 7) is 4.48. The molecule has 0 atom stereocenters. The number of H-pyrrole nitrogens is 1. The predicted octanol–water partition coefficient (Wildman–Crippen LogP) is 5.84. The molecule has 5 aromatic rings. The van der Waals surface area contributed by atoms with E-state index < -0.39 is 0 Å². The maximum absolute atomic E-state index is 13.0. The predicted molar refractivity (Wildman–Crippen MR) is 153 cm³/mol. The number of Topliss-reactive ketones (excluding diaryl/α,β-unsaturated/α-hetero) is 2. The third-order valence-electron chi connectivity index (χ3n) is 7.68. The maximum atomic E-state index is 13.0. The molecule has 0 amide bonds. The van der Waals surface area contributed by atoms with Crippen molar-refractivity contribution in [3.63, 3.8) is 0 Å². The zero-order valence-corrected chi connectivity index (χ0v) is 22.0. The van der Waals surface area contributed by atoms with Gasteiger partial charge in [-0.15, -0.1) is 0 Å². The SMILES string of the molecule is CC1CCN(c2ccc(C(=O)Cc3ccc4c(cnn4-c4ccc(CC(=O)c5ccn[nH]5)cc4)c3)cc2)CC1. The van der Waals surface area contributed by atoms with Crippen LogP contribution in [0.1, 0.15) is 51.7 Å². The number of ketones is 2. The van der Waals surface area contributed by atoms with Crippen molar-refractivity contribution >= 4 is 28.2 Å². The highest BCUT2D eigenvalue weighted by atomic mass is 16.1. The van der Waals surface area contributed by atoms with E-state index in [1.54, 1.807) is 12.3 Å². The van der Waals surface area contributed by atoms with Gasteiger partial charge in [-0.2, -0.15) is 10.2 Å². The Balaban J connectivity index is 1.12. The molecule has 196 valence electrons. The highest BCUT2D eigenvalue weighted by Crippen LogP contribution is 2.25. The van der Waals surface area contributed by atoms with Gasteiger partial charge in [0.1, 0.15) is 5.69 Å². The topological polar surface area (TPSA) is 83.9 Å². The molecular weight excluding hydrogens is 486 g/mol. The molecule has 39 heavy (non-hydrogen) atoms. The van der Waals surface area contributed by atoms with Crippen molar-refractivity contribution in [1.82, 2.24) is 20.0 Å². The maximum Gasteiger partial charge on any atom is 0.184 e. The van der Waals surface area contributed by atoms with Gasteiger partial charge in [0.15, 0.2) is 11.6 Å². The standard InChI is InChI=1S/C32H31N5O2/c1-22-13-16-36(17-14-22)27-9-5-25(6-10-27)31(38)20-24-4-11-30-26(18-24)21-34-37(30)28-7-2-23(3-8-28)19-32(39)29-12-15-33-35-29/h2-12,15,18,21-22H,13-14,16-17,19-20H2,1H3,(H,33,35). The van der Waals surface area contributed by atoms with E-state index in [9.17, 15) is 9.59 Å². The molecule has 1 aliphatic heterocycles. The van der Waals surface area contributed by atoms with Crippen LogP contribution in [-0.2, 0) is 12.8 Å². The number of fused-ring (bicyclic) bond motifs is 1. The fourth-order valence-corrected chi connectivity index (χ4v) is 5.26. The molecule has 2 aromatic heterocycles. The number of hydrogen-bond donors (Lipinski definition) is 1. The van der Waals surface area contributed by atoms with Crippen LogP contribution in [0.3, 0.4) is 0 Å². The summed E-state index contributed by atoms with van der Waals surface area (Å²) in [7, 11) is 0. The van der Waals surface area contributed by atoms with Crippen molar-refractivity contribution in [2.75, 3.05) is 18.0 Å². The van der Waals surface area contributed by atoms with Gasteiger partial charge in [-0.1, -0.05) is 25.1 Å². The molecule has 3 aromatic carbocycles. The molecule has 1 fully saturated rings. The Labute approximate surface area is 227 Å². The third kappa shape index (κ3) is 5.39.